The lowest BCUT2D eigenvalue weighted by Crippen LogP contribution is -2.24. The molecular weight excluding hydrogens is 250 g/mol. The molecule has 0 radical (unpaired) electrons. The van der Waals surface area contributed by atoms with E-state index in [-0.39, 0.29) is 5.57 Å². The third kappa shape index (κ3) is 3.79. The number of pyridine rings is 1. The summed E-state index contributed by atoms with van der Waals surface area (Å²) >= 11 is 0. The van der Waals surface area contributed by atoms with Crippen molar-refractivity contribution in [3.63, 3.8) is 0 Å². The topological polar surface area (TPSA) is 65.8 Å². The van der Waals surface area contributed by atoms with E-state index in [1.807, 2.05) is 48.5 Å². The van der Waals surface area contributed by atoms with Crippen LogP contribution in [-0.4, -0.2) is 10.9 Å². The molecule has 0 atom stereocenters. The smallest absolute Gasteiger partial charge is 0.262 e. The van der Waals surface area contributed by atoms with E-state index in [2.05, 4.69) is 10.3 Å². The minimum atomic E-state index is -0.401. The predicted molar refractivity (Wildman–Crippen MR) is 76.1 cm³/mol. The van der Waals surface area contributed by atoms with Crippen LogP contribution in [0.1, 0.15) is 11.3 Å². The monoisotopic (exact) mass is 263 g/mol. The molecule has 2 aromatic rings. The van der Waals surface area contributed by atoms with Gasteiger partial charge in [-0.15, -0.1) is 0 Å². The van der Waals surface area contributed by atoms with Gasteiger partial charge in [0.2, 0.25) is 0 Å². The molecule has 0 saturated heterocycles. The van der Waals surface area contributed by atoms with Gasteiger partial charge in [-0.05, 0) is 23.8 Å². The van der Waals surface area contributed by atoms with Crippen molar-refractivity contribution in [2.45, 2.75) is 6.54 Å². The Bertz CT molecular complexity index is 642. The lowest BCUT2D eigenvalue weighted by atomic mass is 10.1. The van der Waals surface area contributed by atoms with E-state index in [4.69, 9.17) is 5.26 Å². The molecular formula is C16H13N3O. The highest BCUT2D eigenvalue weighted by molar-refractivity contribution is 6.01. The first-order valence-electron chi connectivity index (χ1n) is 6.14. The Morgan fingerprint density at radius 3 is 2.60 bits per heavy atom. The normalized spacial score (nSPS) is 10.7. The Hall–Kier alpha value is -2.93. The van der Waals surface area contributed by atoms with Crippen molar-refractivity contribution < 1.29 is 4.79 Å². The fourth-order valence-corrected chi connectivity index (χ4v) is 1.63. The molecule has 0 spiro atoms. The van der Waals surface area contributed by atoms with Crippen LogP contribution in [0, 0.1) is 11.3 Å². The van der Waals surface area contributed by atoms with Crippen molar-refractivity contribution in [3.05, 3.63) is 71.6 Å². The average Bonchev–Trinajstić information content (AvgIpc) is 2.52. The number of benzene rings is 1. The minimum absolute atomic E-state index is 0.0760. The van der Waals surface area contributed by atoms with Crippen molar-refractivity contribution in [1.29, 1.82) is 5.26 Å². The van der Waals surface area contributed by atoms with Crippen LogP contribution in [0.15, 0.2) is 60.3 Å². The van der Waals surface area contributed by atoms with E-state index in [0.717, 1.165) is 11.3 Å². The van der Waals surface area contributed by atoms with Gasteiger partial charge in [-0.1, -0.05) is 36.4 Å². The lowest BCUT2D eigenvalue weighted by molar-refractivity contribution is -0.117. The molecule has 4 nitrogen and oxygen atoms in total. The van der Waals surface area contributed by atoms with E-state index in [1.54, 1.807) is 18.3 Å². The van der Waals surface area contributed by atoms with E-state index < -0.39 is 5.91 Å². The van der Waals surface area contributed by atoms with Crippen molar-refractivity contribution in [3.8, 4) is 6.07 Å². The molecule has 20 heavy (non-hydrogen) atoms. The number of carbonyl (C=O) groups is 1. The number of hydrogen-bond acceptors (Lipinski definition) is 3. The Morgan fingerprint density at radius 1 is 1.20 bits per heavy atom. The Morgan fingerprint density at radius 2 is 1.95 bits per heavy atom. The van der Waals surface area contributed by atoms with Gasteiger partial charge in [0.1, 0.15) is 11.6 Å². The fraction of sp³-hybridized carbons (Fsp3) is 0.0625. The number of carbonyl (C=O) groups excluding carboxylic acids is 1. The van der Waals surface area contributed by atoms with Crippen LogP contribution < -0.4 is 5.32 Å². The van der Waals surface area contributed by atoms with E-state index in [9.17, 15) is 4.79 Å². The molecule has 0 aliphatic heterocycles. The summed E-state index contributed by atoms with van der Waals surface area (Å²) in [5.41, 5.74) is 1.64. The first kappa shape index (κ1) is 13.5. The molecule has 0 fully saturated rings. The highest BCUT2D eigenvalue weighted by Gasteiger charge is 2.08. The molecule has 1 aromatic heterocycles. The summed E-state index contributed by atoms with van der Waals surface area (Å²) in [6.07, 6.45) is 3.22. The molecule has 2 rings (SSSR count). The highest BCUT2D eigenvalue weighted by Crippen LogP contribution is 2.06. The summed E-state index contributed by atoms with van der Waals surface area (Å²) in [5, 5.41) is 11.7. The Kier molecular flexibility index (Phi) is 4.63. The van der Waals surface area contributed by atoms with Crippen LogP contribution in [0.25, 0.3) is 6.08 Å². The Labute approximate surface area is 117 Å². The first-order chi connectivity index (χ1) is 9.79. The SMILES string of the molecule is N#CC(=Cc1ccccc1)C(=O)NCc1ccccn1. The molecule has 1 aromatic carbocycles. The van der Waals surface area contributed by atoms with Crippen LogP contribution in [0.4, 0.5) is 0 Å². The van der Waals surface area contributed by atoms with Crippen LogP contribution in [0.5, 0.6) is 0 Å². The van der Waals surface area contributed by atoms with Crippen LogP contribution in [0.2, 0.25) is 0 Å². The summed E-state index contributed by atoms with van der Waals surface area (Å²) in [5.74, 6) is -0.401. The van der Waals surface area contributed by atoms with Crippen LogP contribution >= 0.6 is 0 Å². The zero-order chi connectivity index (χ0) is 14.2. The summed E-state index contributed by atoms with van der Waals surface area (Å²) in [6, 6.07) is 16.6. The second kappa shape index (κ2) is 6.86. The van der Waals surface area contributed by atoms with E-state index >= 15 is 0 Å². The maximum absolute atomic E-state index is 11.9. The summed E-state index contributed by atoms with van der Waals surface area (Å²) in [6.45, 7) is 0.299. The summed E-state index contributed by atoms with van der Waals surface area (Å²) in [7, 11) is 0. The zero-order valence-corrected chi connectivity index (χ0v) is 10.8. The van der Waals surface area contributed by atoms with Gasteiger partial charge < -0.3 is 5.32 Å². The average molecular weight is 263 g/mol. The van der Waals surface area contributed by atoms with Gasteiger partial charge in [0.25, 0.3) is 5.91 Å². The maximum Gasteiger partial charge on any atom is 0.262 e. The maximum atomic E-state index is 11.9. The van der Waals surface area contributed by atoms with Crippen LogP contribution in [-0.2, 0) is 11.3 Å². The molecule has 1 heterocycles. The minimum Gasteiger partial charge on any atom is -0.346 e. The molecule has 98 valence electrons. The predicted octanol–water partition coefficient (Wildman–Crippen LogP) is 2.30. The second-order valence-corrected chi connectivity index (χ2v) is 4.08. The first-order valence-corrected chi connectivity index (χ1v) is 6.14. The van der Waals surface area contributed by atoms with Crippen molar-refractivity contribution >= 4 is 12.0 Å². The van der Waals surface area contributed by atoms with Gasteiger partial charge in [0.15, 0.2) is 0 Å². The van der Waals surface area contributed by atoms with Gasteiger partial charge in [-0.2, -0.15) is 5.26 Å². The second-order valence-electron chi connectivity index (χ2n) is 4.08. The highest BCUT2D eigenvalue weighted by atomic mass is 16.1. The molecule has 4 heteroatoms. The number of nitrogens with one attached hydrogen (secondary N) is 1. The van der Waals surface area contributed by atoms with Crippen molar-refractivity contribution in [1.82, 2.24) is 10.3 Å². The molecule has 0 bridgehead atoms. The number of rotatable bonds is 4. The number of hydrogen-bond donors (Lipinski definition) is 1. The van der Waals surface area contributed by atoms with Gasteiger partial charge in [-0.3, -0.25) is 9.78 Å². The molecule has 0 unspecified atom stereocenters. The molecule has 1 amide bonds. The third-order valence-electron chi connectivity index (χ3n) is 2.63. The number of aromatic nitrogens is 1. The van der Waals surface area contributed by atoms with Crippen LogP contribution in [0.3, 0.4) is 0 Å². The van der Waals surface area contributed by atoms with E-state index in [1.165, 1.54) is 0 Å². The van der Waals surface area contributed by atoms with Gasteiger partial charge in [0.05, 0.1) is 12.2 Å². The molecule has 1 N–H and O–H groups in total. The summed E-state index contributed by atoms with van der Waals surface area (Å²) in [4.78, 5) is 16.0. The lowest BCUT2D eigenvalue weighted by Gasteiger charge is -2.03. The van der Waals surface area contributed by atoms with Crippen molar-refractivity contribution in [2.75, 3.05) is 0 Å². The molecule has 0 aliphatic rings. The van der Waals surface area contributed by atoms with Gasteiger partial charge in [-0.25, -0.2) is 0 Å². The van der Waals surface area contributed by atoms with Gasteiger partial charge in [0, 0.05) is 6.20 Å². The number of nitriles is 1. The number of nitrogens with zero attached hydrogens (tertiary/aromatic N) is 2. The summed E-state index contributed by atoms with van der Waals surface area (Å²) < 4.78 is 0. The quantitative estimate of drug-likeness (QED) is 0.680. The Balaban J connectivity index is 2.03. The molecule has 0 saturated carbocycles. The largest absolute Gasteiger partial charge is 0.346 e. The third-order valence-corrected chi connectivity index (χ3v) is 2.63. The van der Waals surface area contributed by atoms with Gasteiger partial charge >= 0.3 is 0 Å². The fourth-order valence-electron chi connectivity index (χ4n) is 1.63. The standard InChI is InChI=1S/C16H13N3O/c17-11-14(10-13-6-2-1-3-7-13)16(20)19-12-15-8-4-5-9-18-15/h1-10H,12H2,(H,19,20). The molecule has 0 aliphatic carbocycles. The van der Waals surface area contributed by atoms with Crippen molar-refractivity contribution in [2.24, 2.45) is 0 Å². The van der Waals surface area contributed by atoms with E-state index in [0.29, 0.717) is 6.54 Å². The number of amides is 1. The zero-order valence-electron chi connectivity index (χ0n) is 10.8.